The van der Waals surface area contributed by atoms with Crippen molar-refractivity contribution in [1.29, 1.82) is 0 Å². The number of aromatic nitrogens is 1. The summed E-state index contributed by atoms with van der Waals surface area (Å²) in [7, 11) is 0. The lowest BCUT2D eigenvalue weighted by Gasteiger charge is -2.00. The molecular weight excluding hydrogens is 182 g/mol. The summed E-state index contributed by atoms with van der Waals surface area (Å²) in [5.41, 5.74) is 0. The van der Waals surface area contributed by atoms with Crippen LogP contribution in [0.5, 0.6) is 0 Å². The quantitative estimate of drug-likeness (QED) is 0.664. The maximum atomic E-state index is 4.11. The standard InChI is InChI=1S/C14H15N/c1-4-5-10-15-11(2)13-8-6-7-9-14(13)12(15)3/h4,6-9H,1-3,5,10H2. The Hall–Kier alpha value is -1.76. The van der Waals surface area contributed by atoms with Crippen molar-refractivity contribution >= 4 is 23.9 Å². The Kier molecular flexibility index (Phi) is 2.46. The third-order valence-electron chi connectivity index (χ3n) is 2.76. The molecule has 0 bridgehead atoms. The van der Waals surface area contributed by atoms with Gasteiger partial charge in [0.15, 0.2) is 0 Å². The van der Waals surface area contributed by atoms with Gasteiger partial charge in [-0.1, -0.05) is 43.5 Å². The molecule has 1 heterocycles. The molecule has 2 aromatic rings. The monoisotopic (exact) mass is 197 g/mol. The summed E-state index contributed by atoms with van der Waals surface area (Å²) >= 11 is 0. The Morgan fingerprint density at radius 1 is 1.07 bits per heavy atom. The zero-order chi connectivity index (χ0) is 10.8. The highest BCUT2D eigenvalue weighted by molar-refractivity contribution is 5.83. The fourth-order valence-corrected chi connectivity index (χ4v) is 1.93. The van der Waals surface area contributed by atoms with Gasteiger partial charge in [-0.15, -0.1) is 6.58 Å². The summed E-state index contributed by atoms with van der Waals surface area (Å²) in [6.07, 6.45) is 2.87. The lowest BCUT2D eigenvalue weighted by molar-refractivity contribution is 0.684. The Balaban J connectivity index is 2.70. The van der Waals surface area contributed by atoms with E-state index in [2.05, 4.69) is 36.4 Å². The van der Waals surface area contributed by atoms with Gasteiger partial charge in [-0.2, -0.15) is 0 Å². The first-order chi connectivity index (χ1) is 7.25. The zero-order valence-corrected chi connectivity index (χ0v) is 8.87. The van der Waals surface area contributed by atoms with E-state index in [4.69, 9.17) is 0 Å². The molecule has 0 saturated carbocycles. The van der Waals surface area contributed by atoms with Crippen molar-refractivity contribution in [2.75, 3.05) is 0 Å². The van der Waals surface area contributed by atoms with E-state index in [9.17, 15) is 0 Å². The van der Waals surface area contributed by atoms with Crippen molar-refractivity contribution in [3.05, 3.63) is 47.6 Å². The predicted octanol–water partition coefficient (Wildman–Crippen LogP) is 2.04. The molecule has 1 nitrogen and oxygen atoms in total. The van der Waals surface area contributed by atoms with Crippen molar-refractivity contribution in [2.24, 2.45) is 0 Å². The molecule has 0 radical (unpaired) electrons. The number of hydrogen-bond donors (Lipinski definition) is 0. The molecule has 0 N–H and O–H groups in total. The first kappa shape index (κ1) is 9.78. The SMILES string of the molecule is C=CCCn1c(=C)c2ccccc2c1=C. The van der Waals surface area contributed by atoms with Gasteiger partial charge in [0.05, 0.1) is 0 Å². The number of rotatable bonds is 3. The summed E-state index contributed by atoms with van der Waals surface area (Å²) in [6, 6.07) is 8.26. The fourth-order valence-electron chi connectivity index (χ4n) is 1.93. The highest BCUT2D eigenvalue weighted by Crippen LogP contribution is 2.04. The molecule has 0 unspecified atom stereocenters. The van der Waals surface area contributed by atoms with Gasteiger partial charge in [-0.3, -0.25) is 0 Å². The molecule has 0 spiro atoms. The van der Waals surface area contributed by atoms with E-state index in [1.54, 1.807) is 0 Å². The molecular formula is C14H15N. The number of benzene rings is 1. The Morgan fingerprint density at radius 3 is 2.07 bits per heavy atom. The average Bonchev–Trinajstić information content (AvgIpc) is 2.51. The highest BCUT2D eigenvalue weighted by Gasteiger charge is 2.02. The Morgan fingerprint density at radius 2 is 1.60 bits per heavy atom. The minimum atomic E-state index is 0.913. The highest BCUT2D eigenvalue weighted by atomic mass is 15.0. The predicted molar refractivity (Wildman–Crippen MR) is 67.0 cm³/mol. The van der Waals surface area contributed by atoms with E-state index < -0.39 is 0 Å². The van der Waals surface area contributed by atoms with Crippen LogP contribution in [-0.2, 0) is 6.54 Å². The molecule has 0 fully saturated rings. The molecule has 0 saturated heterocycles. The smallest absolute Gasteiger partial charge is 0.0418 e. The van der Waals surface area contributed by atoms with Crippen molar-refractivity contribution in [1.82, 2.24) is 4.57 Å². The molecule has 76 valence electrons. The molecule has 1 heteroatoms. The molecule has 1 aromatic heterocycles. The van der Waals surface area contributed by atoms with Gasteiger partial charge in [0.2, 0.25) is 0 Å². The van der Waals surface area contributed by atoms with Crippen LogP contribution in [0.25, 0.3) is 23.9 Å². The van der Waals surface area contributed by atoms with Gasteiger partial charge in [0.25, 0.3) is 0 Å². The molecule has 15 heavy (non-hydrogen) atoms. The van der Waals surface area contributed by atoms with Crippen LogP contribution in [0, 0.1) is 0 Å². The molecule has 0 aliphatic heterocycles. The van der Waals surface area contributed by atoms with E-state index in [1.165, 1.54) is 10.8 Å². The van der Waals surface area contributed by atoms with Gasteiger partial charge >= 0.3 is 0 Å². The van der Waals surface area contributed by atoms with Gasteiger partial charge in [0.1, 0.15) is 0 Å². The van der Waals surface area contributed by atoms with Crippen LogP contribution in [-0.4, -0.2) is 4.57 Å². The lowest BCUT2D eigenvalue weighted by atomic mass is 10.2. The van der Waals surface area contributed by atoms with E-state index in [-0.39, 0.29) is 0 Å². The van der Waals surface area contributed by atoms with Crippen LogP contribution in [0.3, 0.4) is 0 Å². The van der Waals surface area contributed by atoms with Crippen LogP contribution >= 0.6 is 0 Å². The maximum absolute atomic E-state index is 4.11. The molecule has 0 aliphatic rings. The maximum Gasteiger partial charge on any atom is 0.0418 e. The number of hydrogen-bond acceptors (Lipinski definition) is 0. The zero-order valence-electron chi connectivity index (χ0n) is 8.87. The Labute approximate surface area is 89.7 Å². The summed E-state index contributed by atoms with van der Waals surface area (Å²) in [5, 5.41) is 4.51. The first-order valence-corrected chi connectivity index (χ1v) is 5.11. The summed E-state index contributed by atoms with van der Waals surface area (Å²) in [5.74, 6) is 0. The van der Waals surface area contributed by atoms with Gasteiger partial charge < -0.3 is 4.57 Å². The Bertz CT molecular complexity index is 543. The second-order valence-corrected chi connectivity index (χ2v) is 3.67. The van der Waals surface area contributed by atoms with Gasteiger partial charge in [-0.25, -0.2) is 0 Å². The minimum absolute atomic E-state index is 0.913. The van der Waals surface area contributed by atoms with Crippen molar-refractivity contribution < 1.29 is 0 Å². The van der Waals surface area contributed by atoms with Gasteiger partial charge in [-0.05, 0) is 6.42 Å². The summed E-state index contributed by atoms with van der Waals surface area (Å²) in [6.45, 7) is 12.9. The van der Waals surface area contributed by atoms with E-state index >= 15 is 0 Å². The van der Waals surface area contributed by atoms with Crippen LogP contribution in [0.1, 0.15) is 6.42 Å². The lowest BCUT2D eigenvalue weighted by Crippen LogP contribution is -2.24. The molecule has 0 atom stereocenters. The largest absolute Gasteiger partial charge is 0.341 e. The van der Waals surface area contributed by atoms with Crippen molar-refractivity contribution in [3.8, 4) is 0 Å². The third-order valence-corrected chi connectivity index (χ3v) is 2.76. The molecule has 1 aromatic carbocycles. The van der Waals surface area contributed by atoms with Gasteiger partial charge in [0, 0.05) is 28.0 Å². The summed E-state index contributed by atoms with van der Waals surface area (Å²) in [4.78, 5) is 0. The topological polar surface area (TPSA) is 4.93 Å². The molecule has 2 rings (SSSR count). The normalized spacial score (nSPS) is 10.7. The molecule has 0 aliphatic carbocycles. The number of fused-ring (bicyclic) bond motifs is 1. The van der Waals surface area contributed by atoms with Crippen molar-refractivity contribution in [3.63, 3.8) is 0 Å². The first-order valence-electron chi connectivity index (χ1n) is 5.11. The van der Waals surface area contributed by atoms with Crippen LogP contribution < -0.4 is 10.7 Å². The van der Waals surface area contributed by atoms with Crippen LogP contribution in [0.15, 0.2) is 36.9 Å². The van der Waals surface area contributed by atoms with E-state index in [0.29, 0.717) is 0 Å². The number of nitrogens with zero attached hydrogens (tertiary/aromatic N) is 1. The minimum Gasteiger partial charge on any atom is -0.341 e. The number of allylic oxidation sites excluding steroid dienone is 1. The van der Waals surface area contributed by atoms with Crippen molar-refractivity contribution in [2.45, 2.75) is 13.0 Å². The van der Waals surface area contributed by atoms with E-state index in [1.807, 2.05) is 18.2 Å². The van der Waals surface area contributed by atoms with Crippen LogP contribution in [0.4, 0.5) is 0 Å². The van der Waals surface area contributed by atoms with E-state index in [0.717, 1.165) is 23.7 Å². The fraction of sp³-hybridized carbons (Fsp3) is 0.143. The second-order valence-electron chi connectivity index (χ2n) is 3.67. The average molecular weight is 197 g/mol. The second kappa shape index (κ2) is 3.77. The third kappa shape index (κ3) is 1.50. The van der Waals surface area contributed by atoms with Crippen LogP contribution in [0.2, 0.25) is 0 Å². The summed E-state index contributed by atoms with van der Waals surface area (Å²) < 4.78 is 2.16. The molecule has 0 amide bonds.